The van der Waals surface area contributed by atoms with Crippen molar-refractivity contribution in [3.8, 4) is 0 Å². The van der Waals surface area contributed by atoms with Gasteiger partial charge in [-0.25, -0.2) is 15.2 Å². The second kappa shape index (κ2) is 8.52. The van der Waals surface area contributed by atoms with Crippen LogP contribution >= 0.6 is 24.0 Å². The van der Waals surface area contributed by atoms with E-state index in [-0.39, 0.29) is 16.5 Å². The lowest BCUT2D eigenvalue weighted by Crippen LogP contribution is -2.52. The van der Waals surface area contributed by atoms with Crippen LogP contribution in [0.1, 0.15) is 27.7 Å². The molecule has 1 amide bonds. The minimum Gasteiger partial charge on any atom is -0.446 e. The van der Waals surface area contributed by atoms with Gasteiger partial charge in [0.2, 0.25) is 0 Å². The molecule has 0 radical (unpaired) electrons. The predicted octanol–water partition coefficient (Wildman–Crippen LogP) is 1.69. The molecule has 0 aromatic rings. The fourth-order valence-corrected chi connectivity index (χ4v) is 1.40. The predicted molar refractivity (Wildman–Crippen MR) is 74.9 cm³/mol. The fraction of sp³-hybridized carbons (Fsp3) is 0.800. The topological polar surface area (TPSA) is 71.0 Å². The van der Waals surface area contributed by atoms with Gasteiger partial charge in [0, 0.05) is 0 Å². The Balaban J connectivity index is 4.58. The molecule has 0 rings (SSSR count). The van der Waals surface area contributed by atoms with E-state index in [0.717, 1.165) is 5.01 Å². The zero-order valence-corrected chi connectivity index (χ0v) is 12.8. The molecule has 0 heterocycles. The number of amides is 1. The lowest BCUT2D eigenvalue weighted by atomic mass is 10.5. The summed E-state index contributed by atoms with van der Waals surface area (Å²) in [4.78, 5) is 11.5. The van der Waals surface area contributed by atoms with Gasteiger partial charge in [-0.3, -0.25) is 0 Å². The molecular formula is C10H20N2O4S2. The van der Waals surface area contributed by atoms with Gasteiger partial charge < -0.3 is 14.6 Å². The lowest BCUT2D eigenvalue weighted by molar-refractivity contribution is -0.197. The third kappa shape index (κ3) is 7.00. The van der Waals surface area contributed by atoms with E-state index in [1.165, 1.54) is 11.8 Å². The second-order valence-electron chi connectivity index (χ2n) is 3.92. The monoisotopic (exact) mass is 296 g/mol. The summed E-state index contributed by atoms with van der Waals surface area (Å²) in [5.41, 5.74) is 2.34. The Morgan fingerprint density at radius 3 is 2.28 bits per heavy atom. The molecule has 0 aliphatic rings. The molecule has 1 unspecified atom stereocenters. The highest BCUT2D eigenvalue weighted by molar-refractivity contribution is 8.22. The molecule has 0 fully saturated rings. The van der Waals surface area contributed by atoms with E-state index in [9.17, 15) is 9.90 Å². The van der Waals surface area contributed by atoms with E-state index in [0.29, 0.717) is 0 Å². The van der Waals surface area contributed by atoms with Gasteiger partial charge in [-0.15, -0.1) is 0 Å². The van der Waals surface area contributed by atoms with Crippen molar-refractivity contribution in [2.45, 2.75) is 46.3 Å². The zero-order chi connectivity index (χ0) is 14.3. The number of thioether (sulfide) groups is 1. The smallest absolute Gasteiger partial charge is 0.426 e. The maximum absolute atomic E-state index is 11.5. The number of ether oxygens (including phenoxy) is 2. The van der Waals surface area contributed by atoms with Gasteiger partial charge in [-0.05, 0) is 34.0 Å². The first kappa shape index (κ1) is 17.4. The van der Waals surface area contributed by atoms with Crippen molar-refractivity contribution >= 4 is 34.4 Å². The molecule has 6 nitrogen and oxygen atoms in total. The van der Waals surface area contributed by atoms with Crippen LogP contribution in [0.25, 0.3) is 0 Å². The quantitative estimate of drug-likeness (QED) is 0.464. The maximum atomic E-state index is 11.5. The molecule has 0 saturated carbocycles. The van der Waals surface area contributed by atoms with Crippen LogP contribution in [-0.4, -0.2) is 45.4 Å². The standard InChI is InChI=1S/C10H20N2O4S2/c1-6(2)15-8(13)11-12(10(17)18-5)9(14)16-7(3)4/h6-7,9,14H,1-5H3,(H,11,13). The Kier molecular flexibility index (Phi) is 8.25. The summed E-state index contributed by atoms with van der Waals surface area (Å²) in [7, 11) is 0. The summed E-state index contributed by atoms with van der Waals surface area (Å²) < 4.78 is 10.3. The van der Waals surface area contributed by atoms with Crippen molar-refractivity contribution in [1.29, 1.82) is 0 Å². The van der Waals surface area contributed by atoms with Crippen LogP contribution in [0.5, 0.6) is 0 Å². The summed E-state index contributed by atoms with van der Waals surface area (Å²) in [6.45, 7) is 6.96. The van der Waals surface area contributed by atoms with E-state index in [4.69, 9.17) is 21.7 Å². The van der Waals surface area contributed by atoms with Gasteiger partial charge in [0.05, 0.1) is 12.2 Å². The van der Waals surface area contributed by atoms with Crippen molar-refractivity contribution in [1.82, 2.24) is 10.4 Å². The maximum Gasteiger partial charge on any atom is 0.426 e. The van der Waals surface area contributed by atoms with Crippen LogP contribution in [0.15, 0.2) is 0 Å². The number of hydrogen-bond donors (Lipinski definition) is 2. The summed E-state index contributed by atoms with van der Waals surface area (Å²) >= 11 is 6.21. The van der Waals surface area contributed by atoms with E-state index in [1.54, 1.807) is 34.0 Å². The first-order chi connectivity index (χ1) is 8.27. The molecular weight excluding hydrogens is 276 g/mol. The minimum atomic E-state index is -1.36. The van der Waals surface area contributed by atoms with Crippen LogP contribution in [0.2, 0.25) is 0 Å². The SMILES string of the molecule is CSC(=S)N(NC(=O)OC(C)C)C(O)OC(C)C. The van der Waals surface area contributed by atoms with Crippen LogP contribution in [0, 0.1) is 0 Å². The van der Waals surface area contributed by atoms with Crippen LogP contribution in [0.4, 0.5) is 4.79 Å². The Morgan fingerprint density at radius 2 is 1.89 bits per heavy atom. The van der Waals surface area contributed by atoms with Crippen molar-refractivity contribution in [2.75, 3.05) is 6.26 Å². The highest BCUT2D eigenvalue weighted by atomic mass is 32.2. The van der Waals surface area contributed by atoms with Gasteiger partial charge in [-0.1, -0.05) is 24.0 Å². The van der Waals surface area contributed by atoms with E-state index < -0.39 is 12.5 Å². The highest BCUT2D eigenvalue weighted by Gasteiger charge is 2.23. The Bertz CT molecular complexity index is 287. The van der Waals surface area contributed by atoms with Crippen LogP contribution in [0.3, 0.4) is 0 Å². The number of aliphatic hydroxyl groups excluding tert-OH is 1. The summed E-state index contributed by atoms with van der Waals surface area (Å²) in [6.07, 6.45) is -0.808. The molecule has 106 valence electrons. The van der Waals surface area contributed by atoms with Gasteiger partial charge in [-0.2, -0.15) is 0 Å². The average Bonchev–Trinajstić information content (AvgIpc) is 2.22. The minimum absolute atomic E-state index is 0.213. The average molecular weight is 296 g/mol. The number of nitrogens with zero attached hydrogens (tertiary/aromatic N) is 1. The van der Waals surface area contributed by atoms with Crippen molar-refractivity contribution in [2.24, 2.45) is 0 Å². The van der Waals surface area contributed by atoms with Crippen LogP contribution < -0.4 is 5.43 Å². The molecule has 0 spiro atoms. The molecule has 0 aromatic carbocycles. The van der Waals surface area contributed by atoms with Crippen molar-refractivity contribution in [3.63, 3.8) is 0 Å². The number of carbonyl (C=O) groups excluding carboxylic acids is 1. The van der Waals surface area contributed by atoms with E-state index in [2.05, 4.69) is 5.43 Å². The number of rotatable bonds is 4. The third-order valence-electron chi connectivity index (χ3n) is 1.54. The van der Waals surface area contributed by atoms with Crippen molar-refractivity contribution in [3.05, 3.63) is 0 Å². The molecule has 0 aliphatic heterocycles. The zero-order valence-electron chi connectivity index (χ0n) is 11.2. The summed E-state index contributed by atoms with van der Waals surface area (Å²) in [6, 6.07) is 0. The third-order valence-corrected chi connectivity index (χ3v) is 2.78. The van der Waals surface area contributed by atoms with Gasteiger partial charge in [0.15, 0.2) is 4.32 Å². The number of hydrogen-bond acceptors (Lipinski definition) is 6. The van der Waals surface area contributed by atoms with Crippen molar-refractivity contribution < 1.29 is 19.4 Å². The summed E-state index contributed by atoms with van der Waals surface area (Å²) in [5, 5.41) is 10.8. The molecule has 2 N–H and O–H groups in total. The molecule has 1 atom stereocenters. The number of aliphatic hydroxyl groups is 1. The summed E-state index contributed by atoms with van der Waals surface area (Å²) in [5.74, 6) is 0. The first-order valence-electron chi connectivity index (χ1n) is 5.45. The molecule has 0 saturated heterocycles. The number of thiocarbonyl (C=S) groups is 1. The van der Waals surface area contributed by atoms with Gasteiger partial charge in [0.25, 0.3) is 6.41 Å². The highest BCUT2D eigenvalue weighted by Crippen LogP contribution is 2.09. The van der Waals surface area contributed by atoms with Gasteiger partial charge in [0.1, 0.15) is 0 Å². The Hall–Kier alpha value is -0.570. The van der Waals surface area contributed by atoms with Crippen LogP contribution in [-0.2, 0) is 9.47 Å². The number of hydrazine groups is 1. The van der Waals surface area contributed by atoms with Gasteiger partial charge >= 0.3 is 6.09 Å². The first-order valence-corrected chi connectivity index (χ1v) is 7.09. The second-order valence-corrected chi connectivity index (χ2v) is 5.36. The Morgan fingerprint density at radius 1 is 1.33 bits per heavy atom. The molecule has 0 bridgehead atoms. The molecule has 0 aromatic heterocycles. The number of nitrogens with one attached hydrogen (secondary N) is 1. The molecule has 8 heteroatoms. The molecule has 18 heavy (non-hydrogen) atoms. The Labute approximate surface area is 117 Å². The normalized spacial score (nSPS) is 12.4. The van der Waals surface area contributed by atoms with E-state index >= 15 is 0 Å². The fourth-order valence-electron chi connectivity index (χ4n) is 0.932. The lowest BCUT2D eigenvalue weighted by Gasteiger charge is -2.29. The van der Waals surface area contributed by atoms with E-state index in [1.807, 2.05) is 0 Å². The number of carbonyl (C=O) groups is 1. The largest absolute Gasteiger partial charge is 0.446 e. The molecule has 0 aliphatic carbocycles.